The molecule has 1 unspecified atom stereocenters. The van der Waals surface area contributed by atoms with E-state index >= 15 is 0 Å². The summed E-state index contributed by atoms with van der Waals surface area (Å²) in [6, 6.07) is 1.94. The first kappa shape index (κ1) is 15.8. The van der Waals surface area contributed by atoms with Crippen LogP contribution in [0.2, 0.25) is 0 Å². The Hall–Kier alpha value is -1.29. The first-order valence-corrected chi connectivity index (χ1v) is 7.18. The molecule has 1 atom stereocenters. The molecule has 0 saturated carbocycles. The van der Waals surface area contributed by atoms with E-state index < -0.39 is 0 Å². The number of aryl methyl sites for hydroxylation is 1. The minimum absolute atomic E-state index is 0.0710. The zero-order chi connectivity index (χ0) is 14.3. The molecule has 0 radical (unpaired) electrons. The van der Waals surface area contributed by atoms with Crippen LogP contribution >= 0.6 is 0 Å². The average molecular weight is 265 g/mol. The Balaban J connectivity index is 2.32. The van der Waals surface area contributed by atoms with Crippen molar-refractivity contribution < 1.29 is 4.79 Å². The first-order chi connectivity index (χ1) is 9.02. The Labute approximate surface area is 116 Å². The van der Waals surface area contributed by atoms with Gasteiger partial charge in [-0.25, -0.2) is 0 Å². The predicted octanol–water partition coefficient (Wildman–Crippen LogP) is 2.15. The number of rotatable bonds is 8. The molecule has 4 heteroatoms. The molecule has 108 valence electrons. The highest BCUT2D eigenvalue weighted by Gasteiger charge is 2.12. The molecule has 4 nitrogen and oxygen atoms in total. The number of carbonyl (C=O) groups excluding carboxylic acids is 1. The molecular formula is C15H27N3O. The molecule has 0 bridgehead atoms. The highest BCUT2D eigenvalue weighted by atomic mass is 16.2. The van der Waals surface area contributed by atoms with E-state index in [1.165, 1.54) is 5.56 Å². The Morgan fingerprint density at radius 1 is 1.37 bits per heavy atom. The van der Waals surface area contributed by atoms with Crippen LogP contribution in [0.1, 0.15) is 39.7 Å². The molecule has 1 amide bonds. The molecule has 1 aromatic heterocycles. The number of nitrogens with zero attached hydrogens (tertiary/aromatic N) is 1. The molecule has 0 aliphatic heterocycles. The van der Waals surface area contributed by atoms with Crippen LogP contribution in [0.4, 0.5) is 0 Å². The second-order valence-corrected chi connectivity index (χ2v) is 5.50. The van der Waals surface area contributed by atoms with Gasteiger partial charge in [0, 0.05) is 32.0 Å². The van der Waals surface area contributed by atoms with Gasteiger partial charge in [-0.3, -0.25) is 4.79 Å². The zero-order valence-electron chi connectivity index (χ0n) is 12.6. The van der Waals surface area contributed by atoms with Gasteiger partial charge in [0.25, 0.3) is 0 Å². The molecule has 0 aliphatic rings. The van der Waals surface area contributed by atoms with Crippen LogP contribution in [0.15, 0.2) is 18.5 Å². The van der Waals surface area contributed by atoms with Crippen molar-refractivity contribution in [3.8, 4) is 0 Å². The van der Waals surface area contributed by atoms with Crippen molar-refractivity contribution in [3.05, 3.63) is 24.0 Å². The maximum Gasteiger partial charge on any atom is 0.236 e. The second kappa shape index (κ2) is 8.00. The summed E-state index contributed by atoms with van der Waals surface area (Å²) in [6.45, 7) is 10.8. The molecule has 0 aliphatic carbocycles. The fraction of sp³-hybridized carbons (Fsp3) is 0.667. The predicted molar refractivity (Wildman–Crippen MR) is 78.9 cm³/mol. The standard InChI is InChI=1S/C15H27N3O/c1-5-7-18-8-6-14(11-18)10-16-13(4)15(19)17-9-12(2)3/h6,8,11-13,16H,5,7,9-10H2,1-4H3,(H,17,19). The van der Waals surface area contributed by atoms with E-state index in [4.69, 9.17) is 0 Å². The van der Waals surface area contributed by atoms with Crippen LogP contribution in [0.5, 0.6) is 0 Å². The van der Waals surface area contributed by atoms with Crippen LogP contribution < -0.4 is 10.6 Å². The number of nitrogens with one attached hydrogen (secondary N) is 2. The monoisotopic (exact) mass is 265 g/mol. The third kappa shape index (κ3) is 5.92. The molecule has 1 rings (SSSR count). The van der Waals surface area contributed by atoms with Crippen molar-refractivity contribution in [2.45, 2.75) is 53.2 Å². The Morgan fingerprint density at radius 3 is 2.74 bits per heavy atom. The molecular weight excluding hydrogens is 238 g/mol. The lowest BCUT2D eigenvalue weighted by Gasteiger charge is -2.14. The van der Waals surface area contributed by atoms with E-state index in [1.54, 1.807) is 0 Å². The van der Waals surface area contributed by atoms with Crippen molar-refractivity contribution >= 4 is 5.91 Å². The Morgan fingerprint density at radius 2 is 2.11 bits per heavy atom. The molecule has 1 aromatic rings. The van der Waals surface area contributed by atoms with Crippen molar-refractivity contribution in [3.63, 3.8) is 0 Å². The minimum Gasteiger partial charge on any atom is -0.354 e. The van der Waals surface area contributed by atoms with Crippen molar-refractivity contribution in [2.75, 3.05) is 6.54 Å². The highest BCUT2D eigenvalue weighted by molar-refractivity contribution is 5.81. The lowest BCUT2D eigenvalue weighted by atomic mass is 10.2. The summed E-state index contributed by atoms with van der Waals surface area (Å²) in [5.74, 6) is 0.556. The van der Waals surface area contributed by atoms with Gasteiger partial charge < -0.3 is 15.2 Å². The smallest absolute Gasteiger partial charge is 0.236 e. The number of amides is 1. The summed E-state index contributed by atoms with van der Waals surface area (Å²) in [5.41, 5.74) is 1.22. The fourth-order valence-corrected chi connectivity index (χ4v) is 1.81. The van der Waals surface area contributed by atoms with Crippen molar-refractivity contribution in [1.29, 1.82) is 0 Å². The van der Waals surface area contributed by atoms with Gasteiger partial charge in [-0.05, 0) is 30.9 Å². The maximum atomic E-state index is 11.8. The van der Waals surface area contributed by atoms with Gasteiger partial charge >= 0.3 is 0 Å². The van der Waals surface area contributed by atoms with Crippen LogP contribution in [0, 0.1) is 5.92 Å². The topological polar surface area (TPSA) is 46.1 Å². The maximum absolute atomic E-state index is 11.8. The van der Waals surface area contributed by atoms with Gasteiger partial charge in [-0.2, -0.15) is 0 Å². The van der Waals surface area contributed by atoms with E-state index in [0.29, 0.717) is 5.92 Å². The SMILES string of the molecule is CCCn1ccc(CNC(C)C(=O)NCC(C)C)c1. The van der Waals surface area contributed by atoms with Gasteiger partial charge in [0.2, 0.25) is 5.91 Å². The number of carbonyl (C=O) groups is 1. The lowest BCUT2D eigenvalue weighted by molar-refractivity contribution is -0.122. The summed E-state index contributed by atoms with van der Waals surface area (Å²) in [4.78, 5) is 11.8. The van der Waals surface area contributed by atoms with Crippen LogP contribution in [0.3, 0.4) is 0 Å². The normalized spacial score (nSPS) is 12.7. The molecule has 0 saturated heterocycles. The molecule has 0 spiro atoms. The first-order valence-electron chi connectivity index (χ1n) is 7.18. The molecule has 0 fully saturated rings. The van der Waals surface area contributed by atoms with E-state index in [9.17, 15) is 4.79 Å². The quantitative estimate of drug-likeness (QED) is 0.756. The summed E-state index contributed by atoms with van der Waals surface area (Å²) < 4.78 is 2.18. The summed E-state index contributed by atoms with van der Waals surface area (Å²) in [6.07, 6.45) is 5.36. The fourth-order valence-electron chi connectivity index (χ4n) is 1.81. The Kier molecular flexibility index (Phi) is 6.64. The second-order valence-electron chi connectivity index (χ2n) is 5.50. The van der Waals surface area contributed by atoms with Gasteiger partial charge in [0.1, 0.15) is 0 Å². The minimum atomic E-state index is -0.159. The summed E-state index contributed by atoms with van der Waals surface area (Å²) >= 11 is 0. The number of hydrogen-bond donors (Lipinski definition) is 2. The van der Waals surface area contributed by atoms with Crippen LogP contribution in [0.25, 0.3) is 0 Å². The third-order valence-electron chi connectivity index (χ3n) is 2.98. The van der Waals surface area contributed by atoms with Gasteiger partial charge in [0.05, 0.1) is 6.04 Å². The average Bonchev–Trinajstić information content (AvgIpc) is 2.81. The molecule has 2 N–H and O–H groups in total. The molecule has 19 heavy (non-hydrogen) atoms. The van der Waals surface area contributed by atoms with E-state index in [-0.39, 0.29) is 11.9 Å². The molecule has 0 aromatic carbocycles. The molecule has 1 heterocycles. The van der Waals surface area contributed by atoms with Crippen molar-refractivity contribution in [1.82, 2.24) is 15.2 Å². The third-order valence-corrected chi connectivity index (χ3v) is 2.98. The van der Waals surface area contributed by atoms with Crippen LogP contribution in [-0.4, -0.2) is 23.1 Å². The lowest BCUT2D eigenvalue weighted by Crippen LogP contribution is -2.42. The van der Waals surface area contributed by atoms with E-state index in [1.807, 2.05) is 6.92 Å². The number of hydrogen-bond acceptors (Lipinski definition) is 2. The highest BCUT2D eigenvalue weighted by Crippen LogP contribution is 2.02. The van der Waals surface area contributed by atoms with Gasteiger partial charge in [0.15, 0.2) is 0 Å². The number of aromatic nitrogens is 1. The summed E-state index contributed by atoms with van der Waals surface area (Å²) in [7, 11) is 0. The summed E-state index contributed by atoms with van der Waals surface area (Å²) in [5, 5.41) is 6.19. The van der Waals surface area contributed by atoms with Crippen LogP contribution in [-0.2, 0) is 17.9 Å². The zero-order valence-corrected chi connectivity index (χ0v) is 12.6. The largest absolute Gasteiger partial charge is 0.354 e. The van der Waals surface area contributed by atoms with E-state index in [2.05, 4.69) is 54.4 Å². The van der Waals surface area contributed by atoms with Crippen molar-refractivity contribution in [2.24, 2.45) is 5.92 Å². The Bertz CT molecular complexity index is 384. The van der Waals surface area contributed by atoms with E-state index in [0.717, 1.165) is 26.1 Å². The van der Waals surface area contributed by atoms with Gasteiger partial charge in [-0.1, -0.05) is 20.8 Å². The van der Waals surface area contributed by atoms with Gasteiger partial charge in [-0.15, -0.1) is 0 Å².